The molecule has 0 amide bonds. The lowest BCUT2D eigenvalue weighted by molar-refractivity contribution is 0.132. The van der Waals surface area contributed by atoms with Gasteiger partial charge in [0.1, 0.15) is 0 Å². The second-order valence-corrected chi connectivity index (χ2v) is 5.96. The molecule has 102 valence electrons. The van der Waals surface area contributed by atoms with E-state index < -0.39 is 0 Å². The molecule has 0 aromatic heterocycles. The van der Waals surface area contributed by atoms with Crippen LogP contribution in [0.5, 0.6) is 0 Å². The predicted octanol–water partition coefficient (Wildman–Crippen LogP) is 1.50. The molecule has 0 radical (unpaired) electrons. The molecule has 2 unspecified atom stereocenters. The Hall–Kier alpha value is -0.120. The van der Waals surface area contributed by atoms with Crippen LogP contribution < -0.4 is 5.32 Å². The maximum atomic E-state index is 3.28. The minimum absolute atomic E-state index is 0.669. The highest BCUT2D eigenvalue weighted by Crippen LogP contribution is 2.19. The lowest BCUT2D eigenvalue weighted by Gasteiger charge is -2.36. The van der Waals surface area contributed by atoms with E-state index in [0.29, 0.717) is 6.04 Å². The van der Waals surface area contributed by atoms with Crippen LogP contribution in [0.25, 0.3) is 0 Å². The van der Waals surface area contributed by atoms with Crippen molar-refractivity contribution in [2.75, 3.05) is 47.3 Å². The van der Waals surface area contributed by atoms with Gasteiger partial charge >= 0.3 is 0 Å². The predicted molar refractivity (Wildman–Crippen MR) is 75.4 cm³/mol. The summed E-state index contributed by atoms with van der Waals surface area (Å²) in [6, 6.07) is 0.669. The normalized spacial score (nSPS) is 22.9. The van der Waals surface area contributed by atoms with Crippen LogP contribution in [0.4, 0.5) is 0 Å². The Bertz CT molecular complexity index is 200. The monoisotopic (exact) mass is 241 g/mol. The number of nitrogens with zero attached hydrogens (tertiary/aromatic N) is 2. The van der Waals surface area contributed by atoms with Crippen LogP contribution in [0, 0.1) is 11.8 Å². The average molecular weight is 241 g/mol. The molecular weight excluding hydrogens is 210 g/mol. The third-order valence-electron chi connectivity index (χ3n) is 4.43. The van der Waals surface area contributed by atoms with Gasteiger partial charge in [0, 0.05) is 12.6 Å². The number of hydrogen-bond donors (Lipinski definition) is 1. The molecule has 1 aliphatic heterocycles. The van der Waals surface area contributed by atoms with E-state index in [0.717, 1.165) is 18.4 Å². The van der Waals surface area contributed by atoms with Gasteiger partial charge in [-0.15, -0.1) is 0 Å². The van der Waals surface area contributed by atoms with Gasteiger partial charge in [0.05, 0.1) is 0 Å². The molecular formula is C14H31N3. The lowest BCUT2D eigenvalue weighted by atomic mass is 9.94. The van der Waals surface area contributed by atoms with Crippen LogP contribution in [0.3, 0.4) is 0 Å². The van der Waals surface area contributed by atoms with E-state index in [4.69, 9.17) is 0 Å². The molecule has 0 aliphatic carbocycles. The molecule has 2 atom stereocenters. The first-order valence-electron chi connectivity index (χ1n) is 7.08. The molecule has 1 saturated heterocycles. The van der Waals surface area contributed by atoms with Crippen LogP contribution in [0.2, 0.25) is 0 Å². The van der Waals surface area contributed by atoms with E-state index in [1.807, 2.05) is 7.05 Å². The minimum Gasteiger partial charge on any atom is -0.319 e. The molecule has 1 fully saturated rings. The number of hydrogen-bond acceptors (Lipinski definition) is 3. The Morgan fingerprint density at radius 3 is 2.41 bits per heavy atom. The number of nitrogens with one attached hydrogen (secondary N) is 1. The summed E-state index contributed by atoms with van der Waals surface area (Å²) in [5, 5.41) is 3.28. The maximum absolute atomic E-state index is 3.28. The molecule has 0 saturated carbocycles. The zero-order chi connectivity index (χ0) is 12.8. The van der Waals surface area contributed by atoms with Crippen LogP contribution >= 0.6 is 0 Å². The Kier molecular flexibility index (Phi) is 6.45. The molecule has 1 heterocycles. The molecule has 3 heteroatoms. The standard InChI is InChI=1S/C14H31N3/c1-12(10-15-3)13(2)17(5)11-14-6-8-16(4)9-7-14/h12-15H,6-11H2,1-5H3. The van der Waals surface area contributed by atoms with Crippen molar-refractivity contribution in [2.24, 2.45) is 11.8 Å². The van der Waals surface area contributed by atoms with Crippen molar-refractivity contribution in [1.29, 1.82) is 0 Å². The summed E-state index contributed by atoms with van der Waals surface area (Å²) in [5.74, 6) is 1.62. The van der Waals surface area contributed by atoms with Crippen molar-refractivity contribution in [1.82, 2.24) is 15.1 Å². The molecule has 0 aromatic carbocycles. The van der Waals surface area contributed by atoms with Crippen molar-refractivity contribution in [3.63, 3.8) is 0 Å². The fourth-order valence-corrected chi connectivity index (χ4v) is 2.75. The van der Waals surface area contributed by atoms with E-state index in [2.05, 4.69) is 43.1 Å². The van der Waals surface area contributed by atoms with Crippen LogP contribution in [-0.4, -0.2) is 63.2 Å². The van der Waals surface area contributed by atoms with Gasteiger partial charge in [-0.2, -0.15) is 0 Å². The number of likely N-dealkylation sites (tertiary alicyclic amines) is 1. The average Bonchev–Trinajstić information content (AvgIpc) is 2.31. The summed E-state index contributed by atoms with van der Waals surface area (Å²) in [4.78, 5) is 5.00. The summed E-state index contributed by atoms with van der Waals surface area (Å²) in [5.41, 5.74) is 0. The lowest BCUT2D eigenvalue weighted by Crippen LogP contribution is -2.42. The van der Waals surface area contributed by atoms with Crippen LogP contribution in [0.1, 0.15) is 26.7 Å². The second kappa shape index (κ2) is 7.34. The highest BCUT2D eigenvalue weighted by Gasteiger charge is 2.22. The summed E-state index contributed by atoms with van der Waals surface area (Å²) in [6.45, 7) is 9.63. The zero-order valence-electron chi connectivity index (χ0n) is 12.4. The highest BCUT2D eigenvalue weighted by atomic mass is 15.1. The van der Waals surface area contributed by atoms with Gasteiger partial charge < -0.3 is 15.1 Å². The van der Waals surface area contributed by atoms with E-state index in [1.54, 1.807) is 0 Å². The minimum atomic E-state index is 0.669. The van der Waals surface area contributed by atoms with Gasteiger partial charge in [0.25, 0.3) is 0 Å². The number of rotatable bonds is 6. The maximum Gasteiger partial charge on any atom is 0.0102 e. The molecule has 0 bridgehead atoms. The van der Waals surface area contributed by atoms with Crippen molar-refractivity contribution in [3.05, 3.63) is 0 Å². The molecule has 0 spiro atoms. The fourth-order valence-electron chi connectivity index (χ4n) is 2.75. The van der Waals surface area contributed by atoms with Gasteiger partial charge in [-0.25, -0.2) is 0 Å². The largest absolute Gasteiger partial charge is 0.319 e. The molecule has 1 aliphatic rings. The van der Waals surface area contributed by atoms with Gasteiger partial charge in [-0.3, -0.25) is 0 Å². The van der Waals surface area contributed by atoms with Gasteiger partial charge in [0.15, 0.2) is 0 Å². The molecule has 3 nitrogen and oxygen atoms in total. The van der Waals surface area contributed by atoms with Crippen molar-refractivity contribution >= 4 is 0 Å². The molecule has 17 heavy (non-hydrogen) atoms. The van der Waals surface area contributed by atoms with Gasteiger partial charge in [-0.1, -0.05) is 6.92 Å². The van der Waals surface area contributed by atoms with E-state index in [1.165, 1.54) is 32.5 Å². The third kappa shape index (κ3) is 4.94. The Morgan fingerprint density at radius 1 is 1.29 bits per heavy atom. The van der Waals surface area contributed by atoms with E-state index in [9.17, 15) is 0 Å². The summed E-state index contributed by atoms with van der Waals surface area (Å²) < 4.78 is 0. The molecule has 0 aromatic rings. The Balaban J connectivity index is 2.30. The Labute approximate surface area is 108 Å². The quantitative estimate of drug-likeness (QED) is 0.760. The topological polar surface area (TPSA) is 18.5 Å². The highest BCUT2D eigenvalue weighted by molar-refractivity contribution is 4.77. The smallest absolute Gasteiger partial charge is 0.0102 e. The molecule has 1 N–H and O–H groups in total. The zero-order valence-corrected chi connectivity index (χ0v) is 12.4. The van der Waals surface area contributed by atoms with Crippen LogP contribution in [-0.2, 0) is 0 Å². The molecule has 1 rings (SSSR count). The van der Waals surface area contributed by atoms with Gasteiger partial charge in [-0.05, 0) is 72.4 Å². The third-order valence-corrected chi connectivity index (χ3v) is 4.43. The van der Waals surface area contributed by atoms with E-state index >= 15 is 0 Å². The summed E-state index contributed by atoms with van der Waals surface area (Å²) >= 11 is 0. The summed E-state index contributed by atoms with van der Waals surface area (Å²) in [6.07, 6.45) is 2.74. The van der Waals surface area contributed by atoms with Crippen LogP contribution in [0.15, 0.2) is 0 Å². The number of piperidine rings is 1. The SMILES string of the molecule is CNCC(C)C(C)N(C)CC1CCN(C)CC1. The van der Waals surface area contributed by atoms with Crippen molar-refractivity contribution in [3.8, 4) is 0 Å². The Morgan fingerprint density at radius 2 is 1.88 bits per heavy atom. The van der Waals surface area contributed by atoms with Crippen molar-refractivity contribution in [2.45, 2.75) is 32.7 Å². The first kappa shape index (κ1) is 14.9. The van der Waals surface area contributed by atoms with Crippen molar-refractivity contribution < 1.29 is 0 Å². The second-order valence-electron chi connectivity index (χ2n) is 5.96. The van der Waals surface area contributed by atoms with Gasteiger partial charge in [0.2, 0.25) is 0 Å². The fraction of sp³-hybridized carbons (Fsp3) is 1.00. The summed E-state index contributed by atoms with van der Waals surface area (Å²) in [7, 11) is 6.56. The van der Waals surface area contributed by atoms with E-state index in [-0.39, 0.29) is 0 Å². The first-order chi connectivity index (χ1) is 8.04. The first-order valence-corrected chi connectivity index (χ1v) is 7.08.